The molecule has 1 aromatic carbocycles. The number of aliphatic hydroxyl groups excluding tert-OH is 1. The number of aryl methyl sites for hydroxylation is 2. The molecule has 1 aliphatic heterocycles. The van der Waals surface area contributed by atoms with Gasteiger partial charge in [-0.1, -0.05) is 23.9 Å². The van der Waals surface area contributed by atoms with Gasteiger partial charge >= 0.3 is 0 Å². The number of fused-ring (bicyclic) bond motifs is 1. The number of hydrogen-bond acceptors (Lipinski definition) is 4. The maximum atomic E-state index is 9.46. The van der Waals surface area contributed by atoms with Gasteiger partial charge in [-0.3, -0.25) is 4.57 Å². The minimum absolute atomic E-state index is 0.258. The first kappa shape index (κ1) is 20.5. The van der Waals surface area contributed by atoms with E-state index in [-0.39, 0.29) is 6.61 Å². The second-order valence-corrected chi connectivity index (χ2v) is 8.66. The summed E-state index contributed by atoms with van der Waals surface area (Å²) in [5.74, 6) is 2.09. The zero-order valence-corrected chi connectivity index (χ0v) is 18.4. The van der Waals surface area contributed by atoms with E-state index < -0.39 is 0 Å². The van der Waals surface area contributed by atoms with Gasteiger partial charge in [0.15, 0.2) is 5.65 Å². The lowest BCUT2D eigenvalue weighted by Gasteiger charge is -2.32. The van der Waals surface area contributed by atoms with Crippen LogP contribution in [0.25, 0.3) is 16.7 Å². The van der Waals surface area contributed by atoms with Crippen LogP contribution in [0.5, 0.6) is 0 Å². The Hall–Kier alpha value is -1.79. The number of aliphatic hydroxyl groups is 1. The Morgan fingerprint density at radius 1 is 1.21 bits per heavy atom. The standard InChI is InChI=1S/C21H23B2BrN4O/c1-12-10-28(19-15(9-22)7-16(23)8-17(19)24)21-18(12)20(25-13(2)26-21)27-5-3-14(11-29)4-6-27/h7-8,10,14,29H,3-6,9,11H2,1-2H3. The van der Waals surface area contributed by atoms with E-state index in [4.69, 9.17) is 25.7 Å². The lowest BCUT2D eigenvalue weighted by molar-refractivity contribution is 0.203. The molecule has 1 N–H and O–H groups in total. The van der Waals surface area contributed by atoms with Crippen molar-refractivity contribution in [2.24, 2.45) is 5.92 Å². The number of nitrogens with zero attached hydrogens (tertiary/aromatic N) is 4. The summed E-state index contributed by atoms with van der Waals surface area (Å²) >= 11 is 3.66. The van der Waals surface area contributed by atoms with E-state index in [9.17, 15) is 5.11 Å². The fourth-order valence-electron chi connectivity index (χ4n) is 4.22. The van der Waals surface area contributed by atoms with Crippen molar-refractivity contribution in [3.05, 3.63) is 39.8 Å². The molecule has 29 heavy (non-hydrogen) atoms. The average Bonchev–Trinajstić information content (AvgIpc) is 3.02. The largest absolute Gasteiger partial charge is 0.396 e. The summed E-state index contributed by atoms with van der Waals surface area (Å²) in [4.78, 5) is 11.9. The Balaban J connectivity index is 1.89. The number of halogens is 1. The summed E-state index contributed by atoms with van der Waals surface area (Å²) in [5.41, 5.74) is 4.58. The second kappa shape index (κ2) is 8.15. The summed E-state index contributed by atoms with van der Waals surface area (Å²) in [6, 6.07) is 3.81. The van der Waals surface area contributed by atoms with Crippen molar-refractivity contribution < 1.29 is 5.11 Å². The minimum atomic E-state index is 0.258. The number of piperidine rings is 1. The highest BCUT2D eigenvalue weighted by Gasteiger charge is 2.24. The normalized spacial score (nSPS) is 15.4. The molecule has 0 saturated carbocycles. The molecular formula is C21H23B2BrN4O. The zero-order chi connectivity index (χ0) is 20.7. The van der Waals surface area contributed by atoms with Crippen LogP contribution in [0.1, 0.15) is 29.8 Å². The van der Waals surface area contributed by atoms with Crippen molar-refractivity contribution in [1.82, 2.24) is 14.5 Å². The molecule has 0 aliphatic carbocycles. The van der Waals surface area contributed by atoms with E-state index in [1.54, 1.807) is 0 Å². The van der Waals surface area contributed by atoms with Gasteiger partial charge in [0.1, 0.15) is 19.5 Å². The quantitative estimate of drug-likeness (QED) is 0.623. The van der Waals surface area contributed by atoms with Gasteiger partial charge < -0.3 is 10.0 Å². The predicted octanol–water partition coefficient (Wildman–Crippen LogP) is 2.47. The summed E-state index contributed by atoms with van der Waals surface area (Å²) in [7, 11) is 12.1. The Morgan fingerprint density at radius 3 is 2.59 bits per heavy atom. The third-order valence-electron chi connectivity index (χ3n) is 5.73. The summed E-state index contributed by atoms with van der Waals surface area (Å²) < 4.78 is 2.98. The van der Waals surface area contributed by atoms with Crippen molar-refractivity contribution in [2.75, 3.05) is 24.6 Å². The molecular weight excluding hydrogens is 426 g/mol. The lowest BCUT2D eigenvalue weighted by atomic mass is 9.88. The molecule has 3 heterocycles. The highest BCUT2D eigenvalue weighted by molar-refractivity contribution is 9.10. The Kier molecular flexibility index (Phi) is 5.76. The van der Waals surface area contributed by atoms with E-state index in [1.807, 2.05) is 19.1 Å². The number of anilines is 1. The number of aromatic nitrogens is 3. The lowest BCUT2D eigenvalue weighted by Crippen LogP contribution is -2.35. The number of hydrogen-bond donors (Lipinski definition) is 1. The Bertz CT molecular complexity index is 1060. The van der Waals surface area contributed by atoms with E-state index in [0.29, 0.717) is 17.7 Å². The van der Waals surface area contributed by atoms with Crippen LogP contribution in [0, 0.1) is 19.8 Å². The third-order valence-corrected chi connectivity index (χ3v) is 6.33. The monoisotopic (exact) mass is 448 g/mol. The first-order valence-electron chi connectivity index (χ1n) is 9.93. The van der Waals surface area contributed by atoms with Crippen LogP contribution in [0.15, 0.2) is 22.8 Å². The molecule has 4 rings (SSSR count). The molecule has 0 atom stereocenters. The molecule has 8 heteroatoms. The van der Waals surface area contributed by atoms with Crippen molar-refractivity contribution in [3.8, 4) is 5.69 Å². The van der Waals surface area contributed by atoms with Crippen LogP contribution in [-0.4, -0.2) is 55.0 Å². The van der Waals surface area contributed by atoms with Crippen LogP contribution in [-0.2, 0) is 6.32 Å². The molecule has 3 aromatic rings. The summed E-state index contributed by atoms with van der Waals surface area (Å²) in [6.45, 7) is 6.06. The van der Waals surface area contributed by atoms with Crippen molar-refractivity contribution in [2.45, 2.75) is 33.0 Å². The first-order valence-corrected chi connectivity index (χ1v) is 10.7. The van der Waals surface area contributed by atoms with Crippen molar-refractivity contribution in [3.63, 3.8) is 0 Å². The van der Waals surface area contributed by atoms with Gasteiger partial charge in [0.25, 0.3) is 0 Å². The van der Waals surface area contributed by atoms with Crippen LogP contribution in [0.4, 0.5) is 5.82 Å². The minimum Gasteiger partial charge on any atom is -0.396 e. The van der Waals surface area contributed by atoms with Gasteiger partial charge in [-0.25, -0.2) is 9.97 Å². The highest BCUT2D eigenvalue weighted by Crippen LogP contribution is 2.35. The maximum Gasteiger partial charge on any atom is 0.150 e. The smallest absolute Gasteiger partial charge is 0.150 e. The topological polar surface area (TPSA) is 54.2 Å². The maximum absolute atomic E-state index is 9.46. The highest BCUT2D eigenvalue weighted by atomic mass is 79.9. The molecule has 4 radical (unpaired) electrons. The molecule has 0 bridgehead atoms. The second-order valence-electron chi connectivity index (χ2n) is 7.80. The van der Waals surface area contributed by atoms with Gasteiger partial charge in [-0.2, -0.15) is 0 Å². The Labute approximate surface area is 182 Å². The fourth-order valence-corrected chi connectivity index (χ4v) is 4.93. The van der Waals surface area contributed by atoms with Gasteiger partial charge in [0, 0.05) is 30.4 Å². The molecule has 5 nitrogen and oxygen atoms in total. The average molecular weight is 449 g/mol. The van der Waals surface area contributed by atoms with Crippen LogP contribution in [0.2, 0.25) is 0 Å². The molecule has 0 unspecified atom stereocenters. The molecule has 146 valence electrons. The van der Waals surface area contributed by atoms with Gasteiger partial charge in [-0.15, -0.1) is 0 Å². The van der Waals surface area contributed by atoms with Gasteiger partial charge in [-0.05, 0) is 59.7 Å². The van der Waals surface area contributed by atoms with Crippen LogP contribution in [0.3, 0.4) is 0 Å². The van der Waals surface area contributed by atoms with Gasteiger partial charge in [0.2, 0.25) is 0 Å². The van der Waals surface area contributed by atoms with E-state index in [0.717, 1.165) is 69.9 Å². The molecule has 1 fully saturated rings. The van der Waals surface area contributed by atoms with Crippen LogP contribution >= 0.6 is 15.9 Å². The third kappa shape index (κ3) is 3.73. The van der Waals surface area contributed by atoms with Crippen molar-refractivity contribution >= 4 is 53.9 Å². The molecule has 0 amide bonds. The van der Waals surface area contributed by atoms with Crippen LogP contribution < -0.4 is 10.4 Å². The summed E-state index contributed by atoms with van der Waals surface area (Å²) in [6.07, 6.45) is 4.42. The van der Waals surface area contributed by atoms with E-state index in [2.05, 4.69) is 38.5 Å². The van der Waals surface area contributed by atoms with E-state index in [1.165, 1.54) is 0 Å². The Morgan fingerprint density at radius 2 is 1.93 bits per heavy atom. The van der Waals surface area contributed by atoms with E-state index >= 15 is 0 Å². The first-order chi connectivity index (χ1) is 13.9. The van der Waals surface area contributed by atoms with Crippen molar-refractivity contribution in [1.29, 1.82) is 0 Å². The summed E-state index contributed by atoms with van der Waals surface area (Å²) in [5, 5.41) is 10.5. The number of rotatable bonds is 4. The molecule has 1 aliphatic rings. The molecule has 0 spiro atoms. The molecule has 2 aromatic heterocycles. The zero-order valence-electron chi connectivity index (χ0n) is 16.8. The SMILES string of the molecule is [B]Cc1cc([B])cc(Br)c1-n1cc(C)c2c(N3CCC(CO)CC3)nc(C)nc21. The fraction of sp³-hybridized carbons (Fsp3) is 0.429. The molecule has 1 saturated heterocycles. The van der Waals surface area contributed by atoms with Gasteiger partial charge in [0.05, 0.1) is 18.9 Å². The predicted molar refractivity (Wildman–Crippen MR) is 123 cm³/mol. The number of benzene rings is 1.